The van der Waals surface area contributed by atoms with Gasteiger partial charge in [0.15, 0.2) is 0 Å². The van der Waals surface area contributed by atoms with E-state index in [0.717, 1.165) is 12.8 Å². The molecule has 0 aliphatic rings. The van der Waals surface area contributed by atoms with Crippen molar-refractivity contribution in [3.05, 3.63) is 0 Å². The molecule has 0 amide bonds. The lowest BCUT2D eigenvalue weighted by atomic mass is 10.1. The Morgan fingerprint density at radius 1 is 1.27 bits per heavy atom. The lowest BCUT2D eigenvalue weighted by molar-refractivity contribution is 0.452. The Hall–Kier alpha value is -0.130. The summed E-state index contributed by atoms with van der Waals surface area (Å²) in [7, 11) is -3.20. The van der Waals surface area contributed by atoms with Crippen molar-refractivity contribution in [1.29, 1.82) is 0 Å². The van der Waals surface area contributed by atoms with Crippen LogP contribution in [0.5, 0.6) is 0 Å². The standard InChI is InChI=1S/C10H24N2O2S/c1-5-9(6-2)7-15(13,14)12-10(3,4)8-11/h9,12H,5-8,11H2,1-4H3. The van der Waals surface area contributed by atoms with Gasteiger partial charge in [-0.05, 0) is 19.8 Å². The molecule has 0 spiro atoms. The molecule has 5 heteroatoms. The molecule has 4 nitrogen and oxygen atoms in total. The highest BCUT2D eigenvalue weighted by Crippen LogP contribution is 2.12. The zero-order valence-corrected chi connectivity index (χ0v) is 11.0. The molecule has 0 saturated carbocycles. The van der Waals surface area contributed by atoms with Crippen LogP contribution < -0.4 is 10.5 Å². The first-order chi connectivity index (χ1) is 6.76. The fraction of sp³-hybridized carbons (Fsp3) is 1.00. The minimum atomic E-state index is -3.20. The van der Waals surface area contributed by atoms with Crippen LogP contribution >= 0.6 is 0 Å². The summed E-state index contributed by atoms with van der Waals surface area (Å²) in [6.45, 7) is 7.90. The molecular formula is C10H24N2O2S. The van der Waals surface area contributed by atoms with Crippen LogP contribution in [-0.4, -0.2) is 26.3 Å². The highest BCUT2D eigenvalue weighted by atomic mass is 32.2. The molecule has 0 bridgehead atoms. The first-order valence-electron chi connectivity index (χ1n) is 5.48. The van der Waals surface area contributed by atoms with Crippen molar-refractivity contribution in [2.75, 3.05) is 12.3 Å². The molecule has 0 aliphatic carbocycles. The van der Waals surface area contributed by atoms with E-state index in [1.807, 2.05) is 13.8 Å². The molecule has 0 aromatic rings. The van der Waals surface area contributed by atoms with Gasteiger partial charge in [-0.1, -0.05) is 26.7 Å². The van der Waals surface area contributed by atoms with Gasteiger partial charge in [-0.3, -0.25) is 0 Å². The molecule has 0 heterocycles. The molecule has 0 unspecified atom stereocenters. The summed E-state index contributed by atoms with van der Waals surface area (Å²) in [5, 5.41) is 0. The number of hydrogen-bond acceptors (Lipinski definition) is 3. The Morgan fingerprint density at radius 3 is 2.07 bits per heavy atom. The fourth-order valence-electron chi connectivity index (χ4n) is 1.34. The maximum absolute atomic E-state index is 11.8. The fourth-order valence-corrected chi connectivity index (χ4v) is 3.44. The monoisotopic (exact) mass is 236 g/mol. The number of sulfonamides is 1. The van der Waals surface area contributed by atoms with E-state index in [1.54, 1.807) is 13.8 Å². The smallest absolute Gasteiger partial charge is 0.212 e. The van der Waals surface area contributed by atoms with Gasteiger partial charge in [0.2, 0.25) is 10.0 Å². The van der Waals surface area contributed by atoms with Crippen molar-refractivity contribution in [1.82, 2.24) is 4.72 Å². The molecule has 0 aliphatic heterocycles. The number of hydrogen-bond donors (Lipinski definition) is 2. The Kier molecular flexibility index (Phi) is 5.77. The van der Waals surface area contributed by atoms with E-state index in [1.165, 1.54) is 0 Å². The quantitative estimate of drug-likeness (QED) is 0.695. The van der Waals surface area contributed by atoms with Crippen molar-refractivity contribution in [2.24, 2.45) is 11.7 Å². The average molecular weight is 236 g/mol. The van der Waals surface area contributed by atoms with Crippen molar-refractivity contribution >= 4 is 10.0 Å². The maximum atomic E-state index is 11.8. The third-order valence-electron chi connectivity index (χ3n) is 2.55. The molecular weight excluding hydrogens is 212 g/mol. The summed E-state index contributed by atoms with van der Waals surface area (Å²) in [5.41, 5.74) is 4.93. The average Bonchev–Trinajstić information content (AvgIpc) is 2.12. The summed E-state index contributed by atoms with van der Waals surface area (Å²) >= 11 is 0. The summed E-state index contributed by atoms with van der Waals surface area (Å²) in [6.07, 6.45) is 1.78. The SMILES string of the molecule is CCC(CC)CS(=O)(=O)NC(C)(C)CN. The highest BCUT2D eigenvalue weighted by molar-refractivity contribution is 7.89. The predicted molar refractivity (Wildman–Crippen MR) is 64.1 cm³/mol. The van der Waals surface area contributed by atoms with Crippen LogP contribution in [-0.2, 0) is 10.0 Å². The van der Waals surface area contributed by atoms with Crippen LogP contribution in [0.4, 0.5) is 0 Å². The van der Waals surface area contributed by atoms with Crippen molar-refractivity contribution in [3.8, 4) is 0 Å². The molecule has 0 fully saturated rings. The van der Waals surface area contributed by atoms with Gasteiger partial charge in [0.25, 0.3) is 0 Å². The van der Waals surface area contributed by atoms with Gasteiger partial charge in [-0.25, -0.2) is 13.1 Å². The van der Waals surface area contributed by atoms with Crippen molar-refractivity contribution < 1.29 is 8.42 Å². The topological polar surface area (TPSA) is 72.2 Å². The van der Waals surface area contributed by atoms with Crippen molar-refractivity contribution in [2.45, 2.75) is 46.1 Å². The van der Waals surface area contributed by atoms with E-state index < -0.39 is 15.6 Å². The summed E-state index contributed by atoms with van der Waals surface area (Å²) in [5.74, 6) is 0.430. The Labute approximate surface area is 93.7 Å². The van der Waals surface area contributed by atoms with E-state index in [0.29, 0.717) is 6.54 Å². The van der Waals surface area contributed by atoms with Gasteiger partial charge in [0, 0.05) is 12.1 Å². The van der Waals surface area contributed by atoms with E-state index in [4.69, 9.17) is 5.73 Å². The van der Waals surface area contributed by atoms with Gasteiger partial charge in [-0.15, -0.1) is 0 Å². The molecule has 15 heavy (non-hydrogen) atoms. The molecule has 0 atom stereocenters. The molecule has 3 N–H and O–H groups in total. The second kappa shape index (κ2) is 5.82. The minimum absolute atomic E-state index is 0.198. The summed E-state index contributed by atoms with van der Waals surface area (Å²) < 4.78 is 26.2. The lowest BCUT2D eigenvalue weighted by Crippen LogP contribution is -2.50. The Bertz CT molecular complexity index is 269. The Morgan fingerprint density at radius 2 is 1.73 bits per heavy atom. The van der Waals surface area contributed by atoms with Gasteiger partial charge < -0.3 is 5.73 Å². The van der Waals surface area contributed by atoms with Gasteiger partial charge in [0.1, 0.15) is 0 Å². The third kappa shape index (κ3) is 6.12. The first-order valence-corrected chi connectivity index (χ1v) is 7.13. The number of rotatable bonds is 7. The molecule has 0 radical (unpaired) electrons. The third-order valence-corrected chi connectivity index (χ3v) is 4.33. The van der Waals surface area contributed by atoms with Crippen LogP contribution in [0.1, 0.15) is 40.5 Å². The summed E-state index contributed by atoms with van der Waals surface area (Å²) in [6, 6.07) is 0. The second-order valence-corrected chi connectivity index (χ2v) is 6.42. The molecule has 0 saturated heterocycles. The van der Waals surface area contributed by atoms with E-state index in [2.05, 4.69) is 4.72 Å². The van der Waals surface area contributed by atoms with Gasteiger partial charge >= 0.3 is 0 Å². The van der Waals surface area contributed by atoms with Crippen LogP contribution in [0.3, 0.4) is 0 Å². The van der Waals surface area contributed by atoms with E-state index in [-0.39, 0.29) is 11.7 Å². The normalized spacial score (nSPS) is 13.5. The Balaban J connectivity index is 4.44. The van der Waals surface area contributed by atoms with Crippen LogP contribution in [0.25, 0.3) is 0 Å². The predicted octanol–water partition coefficient (Wildman–Crippen LogP) is 1.08. The minimum Gasteiger partial charge on any atom is -0.329 e. The van der Waals surface area contributed by atoms with Crippen LogP contribution in [0.2, 0.25) is 0 Å². The second-order valence-electron chi connectivity index (χ2n) is 4.65. The van der Waals surface area contributed by atoms with Crippen molar-refractivity contribution in [3.63, 3.8) is 0 Å². The largest absolute Gasteiger partial charge is 0.329 e. The summed E-state index contributed by atoms with van der Waals surface area (Å²) in [4.78, 5) is 0. The highest BCUT2D eigenvalue weighted by Gasteiger charge is 2.25. The number of nitrogens with one attached hydrogen (secondary N) is 1. The molecule has 0 aromatic carbocycles. The molecule has 92 valence electrons. The number of nitrogens with two attached hydrogens (primary N) is 1. The maximum Gasteiger partial charge on any atom is 0.212 e. The van der Waals surface area contributed by atoms with E-state index in [9.17, 15) is 8.42 Å². The van der Waals surface area contributed by atoms with E-state index >= 15 is 0 Å². The van der Waals surface area contributed by atoms with Crippen LogP contribution in [0, 0.1) is 5.92 Å². The van der Waals surface area contributed by atoms with Crippen LogP contribution in [0.15, 0.2) is 0 Å². The zero-order valence-electron chi connectivity index (χ0n) is 10.2. The zero-order chi connectivity index (χ0) is 12.1. The van der Waals surface area contributed by atoms with Gasteiger partial charge in [0.05, 0.1) is 5.75 Å². The van der Waals surface area contributed by atoms with Gasteiger partial charge in [-0.2, -0.15) is 0 Å². The first kappa shape index (κ1) is 14.9. The molecule has 0 aromatic heterocycles. The lowest BCUT2D eigenvalue weighted by Gasteiger charge is -2.25. The molecule has 0 rings (SSSR count).